The fourth-order valence-electron chi connectivity index (χ4n) is 1.60. The van der Waals surface area contributed by atoms with Crippen LogP contribution < -0.4 is 0 Å². The number of halogens is 3. The van der Waals surface area contributed by atoms with Gasteiger partial charge in [-0.25, -0.2) is 18.4 Å². The van der Waals surface area contributed by atoms with Crippen LogP contribution in [0.2, 0.25) is 5.28 Å². The van der Waals surface area contributed by atoms with Crippen molar-refractivity contribution >= 4 is 11.6 Å². The molecule has 3 nitrogen and oxygen atoms in total. The first-order valence-corrected chi connectivity index (χ1v) is 5.32. The van der Waals surface area contributed by atoms with Crippen LogP contribution >= 0.6 is 11.6 Å². The zero-order valence-corrected chi connectivity index (χ0v) is 10.0. The van der Waals surface area contributed by atoms with E-state index in [4.69, 9.17) is 11.6 Å². The lowest BCUT2D eigenvalue weighted by Gasteiger charge is -2.26. The van der Waals surface area contributed by atoms with Crippen molar-refractivity contribution in [2.24, 2.45) is 0 Å². The van der Waals surface area contributed by atoms with Crippen molar-refractivity contribution in [1.82, 2.24) is 14.8 Å². The van der Waals surface area contributed by atoms with Gasteiger partial charge in [0, 0.05) is 0 Å². The first-order chi connectivity index (χ1) is 7.93. The van der Waals surface area contributed by atoms with Crippen LogP contribution in [0.25, 0.3) is 0 Å². The second kappa shape index (κ2) is 4.07. The molecule has 0 amide bonds. The van der Waals surface area contributed by atoms with Gasteiger partial charge in [-0.05, 0) is 43.1 Å². The monoisotopic (exact) mass is 257 g/mol. The smallest absolute Gasteiger partial charge is 0.221 e. The lowest BCUT2D eigenvalue weighted by atomic mass is 9.94. The molecular formula is C11H10ClF2N3. The van der Waals surface area contributed by atoms with Crippen molar-refractivity contribution in [2.75, 3.05) is 0 Å². The molecule has 0 spiro atoms. The predicted molar refractivity (Wildman–Crippen MR) is 59.8 cm³/mol. The molecule has 90 valence electrons. The van der Waals surface area contributed by atoms with Crippen molar-refractivity contribution in [2.45, 2.75) is 19.4 Å². The Hall–Kier alpha value is -1.49. The summed E-state index contributed by atoms with van der Waals surface area (Å²) in [5.41, 5.74) is -0.147. The number of rotatable bonds is 2. The Kier molecular flexibility index (Phi) is 2.87. The van der Waals surface area contributed by atoms with Crippen LogP contribution in [0, 0.1) is 11.6 Å². The minimum atomic E-state index is -0.896. The van der Waals surface area contributed by atoms with Crippen LogP contribution in [-0.4, -0.2) is 14.8 Å². The largest absolute Gasteiger partial charge is 0.226 e. The zero-order valence-electron chi connectivity index (χ0n) is 9.28. The molecule has 17 heavy (non-hydrogen) atoms. The summed E-state index contributed by atoms with van der Waals surface area (Å²) in [5, 5.41) is 4.17. The third-order valence-electron chi connectivity index (χ3n) is 2.66. The molecule has 0 aliphatic rings. The Bertz CT molecular complexity index is 551. The van der Waals surface area contributed by atoms with Crippen LogP contribution in [0.3, 0.4) is 0 Å². The molecule has 0 aliphatic carbocycles. The van der Waals surface area contributed by atoms with Crippen molar-refractivity contribution in [1.29, 1.82) is 0 Å². The summed E-state index contributed by atoms with van der Waals surface area (Å²) in [5.74, 6) is -1.78. The first kappa shape index (κ1) is 12.0. The molecule has 0 saturated carbocycles. The third kappa shape index (κ3) is 2.02. The minimum absolute atomic E-state index is 0.194. The standard InChI is InChI=1S/C11H10ClF2N3/c1-11(2,17-10(12)15-6-16-17)7-3-4-8(13)9(14)5-7/h3-6H,1-2H3. The number of nitrogens with zero attached hydrogens (tertiary/aromatic N) is 3. The van der Waals surface area contributed by atoms with Gasteiger partial charge in [0.15, 0.2) is 11.6 Å². The van der Waals surface area contributed by atoms with Crippen LogP contribution in [0.1, 0.15) is 19.4 Å². The van der Waals surface area contributed by atoms with E-state index in [-0.39, 0.29) is 5.28 Å². The summed E-state index contributed by atoms with van der Waals surface area (Å²) >= 11 is 5.87. The molecule has 2 aromatic rings. The molecule has 0 fully saturated rings. The number of aromatic nitrogens is 3. The highest BCUT2D eigenvalue weighted by atomic mass is 35.5. The van der Waals surface area contributed by atoms with E-state index in [0.717, 1.165) is 12.1 Å². The Balaban J connectivity index is 2.51. The average Bonchev–Trinajstić information content (AvgIpc) is 2.69. The Morgan fingerprint density at radius 2 is 1.94 bits per heavy atom. The number of hydrogen-bond acceptors (Lipinski definition) is 2. The Morgan fingerprint density at radius 3 is 2.47 bits per heavy atom. The first-order valence-electron chi connectivity index (χ1n) is 4.94. The molecule has 6 heteroatoms. The molecule has 0 saturated heterocycles. The van der Waals surface area contributed by atoms with Crippen molar-refractivity contribution in [3.8, 4) is 0 Å². The molecule has 1 aromatic carbocycles. The van der Waals surface area contributed by atoms with E-state index in [0.29, 0.717) is 5.56 Å². The van der Waals surface area contributed by atoms with Gasteiger partial charge in [0.1, 0.15) is 6.33 Å². The molecule has 2 rings (SSSR count). The van der Waals surface area contributed by atoms with Crippen molar-refractivity contribution < 1.29 is 8.78 Å². The molecule has 0 N–H and O–H groups in total. The molecule has 0 unspecified atom stereocenters. The molecular weight excluding hydrogens is 248 g/mol. The lowest BCUT2D eigenvalue weighted by molar-refractivity contribution is 0.386. The highest BCUT2D eigenvalue weighted by Gasteiger charge is 2.27. The van der Waals surface area contributed by atoms with Crippen LogP contribution in [0.15, 0.2) is 24.5 Å². The maximum Gasteiger partial charge on any atom is 0.221 e. The second-order valence-electron chi connectivity index (χ2n) is 4.13. The fraction of sp³-hybridized carbons (Fsp3) is 0.273. The Labute approximate surface area is 102 Å². The molecule has 1 heterocycles. The van der Waals surface area contributed by atoms with Crippen LogP contribution in [0.5, 0.6) is 0 Å². The van der Waals surface area contributed by atoms with Gasteiger partial charge in [-0.3, -0.25) is 0 Å². The Morgan fingerprint density at radius 1 is 1.24 bits per heavy atom. The van der Waals surface area contributed by atoms with Gasteiger partial charge in [0.25, 0.3) is 0 Å². The fourth-order valence-corrected chi connectivity index (χ4v) is 1.90. The summed E-state index contributed by atoms with van der Waals surface area (Å²) in [6, 6.07) is 3.71. The maximum atomic E-state index is 13.2. The lowest BCUT2D eigenvalue weighted by Crippen LogP contribution is -2.29. The minimum Gasteiger partial charge on any atom is -0.226 e. The van der Waals surface area contributed by atoms with Gasteiger partial charge in [-0.1, -0.05) is 6.07 Å². The quantitative estimate of drug-likeness (QED) is 0.828. The molecule has 1 aromatic heterocycles. The van der Waals surface area contributed by atoms with E-state index in [1.54, 1.807) is 13.8 Å². The topological polar surface area (TPSA) is 30.7 Å². The molecule has 0 atom stereocenters. The van der Waals surface area contributed by atoms with Crippen molar-refractivity contribution in [3.63, 3.8) is 0 Å². The van der Waals surface area contributed by atoms with E-state index in [1.807, 2.05) is 0 Å². The van der Waals surface area contributed by atoms with E-state index < -0.39 is 17.2 Å². The highest BCUT2D eigenvalue weighted by molar-refractivity contribution is 6.28. The molecule has 0 radical (unpaired) electrons. The van der Waals surface area contributed by atoms with Gasteiger partial charge >= 0.3 is 0 Å². The van der Waals surface area contributed by atoms with Gasteiger partial charge < -0.3 is 0 Å². The number of hydrogen-bond donors (Lipinski definition) is 0. The van der Waals surface area contributed by atoms with Gasteiger partial charge in [0.2, 0.25) is 5.28 Å². The summed E-state index contributed by atoms with van der Waals surface area (Å²) in [6.45, 7) is 3.58. The summed E-state index contributed by atoms with van der Waals surface area (Å²) in [4.78, 5) is 3.80. The molecule has 0 aliphatic heterocycles. The predicted octanol–water partition coefficient (Wildman–Crippen LogP) is 2.99. The second-order valence-corrected chi connectivity index (χ2v) is 4.47. The summed E-state index contributed by atoms with van der Waals surface area (Å²) in [6.07, 6.45) is 1.31. The van der Waals surface area contributed by atoms with Crippen LogP contribution in [-0.2, 0) is 5.54 Å². The van der Waals surface area contributed by atoms with E-state index in [2.05, 4.69) is 10.1 Å². The van der Waals surface area contributed by atoms with Gasteiger partial charge in [0.05, 0.1) is 5.54 Å². The van der Waals surface area contributed by atoms with Gasteiger partial charge in [-0.2, -0.15) is 5.10 Å². The average molecular weight is 258 g/mol. The maximum absolute atomic E-state index is 13.2. The third-order valence-corrected chi connectivity index (χ3v) is 2.92. The van der Waals surface area contributed by atoms with Crippen molar-refractivity contribution in [3.05, 3.63) is 47.0 Å². The van der Waals surface area contributed by atoms with E-state index in [9.17, 15) is 8.78 Å². The van der Waals surface area contributed by atoms with E-state index >= 15 is 0 Å². The van der Waals surface area contributed by atoms with Gasteiger partial charge in [-0.15, -0.1) is 0 Å². The summed E-state index contributed by atoms with van der Waals surface area (Å²) in [7, 11) is 0. The SMILES string of the molecule is CC(C)(c1ccc(F)c(F)c1)n1ncnc1Cl. The zero-order chi connectivity index (χ0) is 12.6. The molecule has 0 bridgehead atoms. The highest BCUT2D eigenvalue weighted by Crippen LogP contribution is 2.28. The van der Waals surface area contributed by atoms with E-state index in [1.165, 1.54) is 17.1 Å². The normalized spacial score (nSPS) is 11.8. The van der Waals surface area contributed by atoms with Crippen LogP contribution in [0.4, 0.5) is 8.78 Å². The number of benzene rings is 1. The summed E-state index contributed by atoms with van der Waals surface area (Å²) < 4.78 is 27.5.